The van der Waals surface area contributed by atoms with Crippen LogP contribution in [0.15, 0.2) is 59.8 Å². The molecule has 3 aromatic rings. The number of ether oxygens (including phenoxy) is 3. The molecule has 2 amide bonds. The molecule has 2 aromatic carbocycles. The number of methoxy groups -OCH3 is 1. The first-order valence-electron chi connectivity index (χ1n) is 12.9. The van der Waals surface area contributed by atoms with E-state index in [4.69, 9.17) is 14.2 Å². The molecule has 4 heterocycles. The first-order chi connectivity index (χ1) is 19.3. The van der Waals surface area contributed by atoms with Crippen molar-refractivity contribution in [1.29, 1.82) is 0 Å². The van der Waals surface area contributed by atoms with Crippen LogP contribution in [0.4, 0.5) is 0 Å². The lowest BCUT2D eigenvalue weighted by Gasteiger charge is -2.21. The minimum absolute atomic E-state index is 0.00765. The van der Waals surface area contributed by atoms with Crippen molar-refractivity contribution in [2.24, 2.45) is 0 Å². The van der Waals surface area contributed by atoms with Crippen LogP contribution in [-0.4, -0.2) is 73.3 Å². The van der Waals surface area contributed by atoms with Gasteiger partial charge in [0.1, 0.15) is 16.7 Å². The smallest absolute Gasteiger partial charge is 0.258 e. The number of hydrogen-bond donors (Lipinski definition) is 2. The minimum Gasteiger partial charge on any atom is -0.493 e. The molecule has 0 radical (unpaired) electrons. The zero-order chi connectivity index (χ0) is 28.3. The van der Waals surface area contributed by atoms with E-state index in [-0.39, 0.29) is 48.4 Å². The first-order valence-corrected chi connectivity index (χ1v) is 14.4. The van der Waals surface area contributed by atoms with E-state index < -0.39 is 28.1 Å². The van der Waals surface area contributed by atoms with Gasteiger partial charge in [0.25, 0.3) is 11.8 Å². The van der Waals surface area contributed by atoms with Crippen LogP contribution in [-0.2, 0) is 27.9 Å². The molecule has 1 saturated heterocycles. The van der Waals surface area contributed by atoms with Crippen molar-refractivity contribution in [3.8, 4) is 17.2 Å². The standard InChI is InChI=1S/C27H31N5O7S/c1-3-10-31-14-21(13-29-31)40(35,36)32-15-22-25(16-32)39-20-7-4-18(5-8-20)12-28-26(33)17-38-24-11-19(27(34)30-22)6-9-23(24)37-2/h4-9,11,13-14,22,25H,3,10,12,15-17H2,1-2H3,(H,28,33)(H,30,34)/t22-,25-/m0/s1. The number of aryl methyl sites for hydroxylation is 1. The molecule has 3 aliphatic rings. The van der Waals surface area contributed by atoms with E-state index >= 15 is 0 Å². The molecule has 1 fully saturated rings. The van der Waals surface area contributed by atoms with E-state index in [1.54, 1.807) is 41.1 Å². The van der Waals surface area contributed by atoms with Crippen LogP contribution in [0.5, 0.6) is 17.2 Å². The number of nitrogens with zero attached hydrogens (tertiary/aromatic N) is 3. The summed E-state index contributed by atoms with van der Waals surface area (Å²) in [4.78, 5) is 25.8. The molecule has 2 N–H and O–H groups in total. The average molecular weight is 570 g/mol. The van der Waals surface area contributed by atoms with Crippen molar-refractivity contribution >= 4 is 21.8 Å². The Bertz CT molecular complexity index is 1490. The van der Waals surface area contributed by atoms with E-state index in [0.29, 0.717) is 18.0 Å². The summed E-state index contributed by atoms with van der Waals surface area (Å²) >= 11 is 0. The summed E-state index contributed by atoms with van der Waals surface area (Å²) in [5, 5.41) is 9.88. The zero-order valence-corrected chi connectivity index (χ0v) is 23.0. The summed E-state index contributed by atoms with van der Waals surface area (Å²) in [6, 6.07) is 11.1. The van der Waals surface area contributed by atoms with Crippen molar-refractivity contribution in [2.45, 2.75) is 43.5 Å². The highest BCUT2D eigenvalue weighted by Crippen LogP contribution is 2.29. The number of carbonyl (C=O) groups is 2. The molecule has 0 spiro atoms. The van der Waals surface area contributed by atoms with Crippen LogP contribution in [0.25, 0.3) is 0 Å². The number of rotatable bonds is 5. The maximum absolute atomic E-state index is 13.5. The lowest BCUT2D eigenvalue weighted by atomic mass is 10.1. The molecule has 40 heavy (non-hydrogen) atoms. The van der Waals surface area contributed by atoms with E-state index in [0.717, 1.165) is 12.0 Å². The molecule has 212 valence electrons. The van der Waals surface area contributed by atoms with E-state index in [1.807, 2.05) is 6.92 Å². The van der Waals surface area contributed by atoms with E-state index in [9.17, 15) is 18.0 Å². The Morgan fingerprint density at radius 1 is 1.12 bits per heavy atom. The fourth-order valence-corrected chi connectivity index (χ4v) is 6.04. The molecule has 1 aromatic heterocycles. The maximum atomic E-state index is 13.5. The number of nitrogens with one attached hydrogen (secondary N) is 2. The summed E-state index contributed by atoms with van der Waals surface area (Å²) in [6.45, 7) is 2.64. The van der Waals surface area contributed by atoms with Gasteiger partial charge in [-0.25, -0.2) is 8.42 Å². The molecule has 3 aliphatic heterocycles. The molecule has 0 saturated carbocycles. The molecule has 0 aliphatic carbocycles. The van der Waals surface area contributed by atoms with Gasteiger partial charge in [-0.1, -0.05) is 19.1 Å². The number of hydrogen-bond acceptors (Lipinski definition) is 8. The van der Waals surface area contributed by atoms with Crippen molar-refractivity contribution in [2.75, 3.05) is 26.8 Å². The Balaban J connectivity index is 1.45. The summed E-state index contributed by atoms with van der Waals surface area (Å²) in [7, 11) is -2.42. The van der Waals surface area contributed by atoms with Crippen molar-refractivity contribution in [3.05, 3.63) is 66.0 Å². The molecule has 13 heteroatoms. The maximum Gasteiger partial charge on any atom is 0.258 e. The van der Waals surface area contributed by atoms with Crippen LogP contribution < -0.4 is 24.8 Å². The number of sulfonamides is 1. The predicted molar refractivity (Wildman–Crippen MR) is 144 cm³/mol. The second-order valence-corrected chi connectivity index (χ2v) is 11.5. The highest BCUT2D eigenvalue weighted by molar-refractivity contribution is 7.89. The lowest BCUT2D eigenvalue weighted by Crippen LogP contribution is -2.45. The van der Waals surface area contributed by atoms with Crippen LogP contribution in [0.3, 0.4) is 0 Å². The van der Waals surface area contributed by atoms with Crippen molar-refractivity contribution < 1.29 is 32.2 Å². The van der Waals surface area contributed by atoms with Gasteiger partial charge in [0, 0.05) is 31.4 Å². The Kier molecular flexibility index (Phi) is 7.94. The third-order valence-electron chi connectivity index (χ3n) is 6.73. The van der Waals surface area contributed by atoms with Crippen LogP contribution in [0, 0.1) is 0 Å². The molecule has 4 bridgehead atoms. The minimum atomic E-state index is -3.88. The third kappa shape index (κ3) is 5.89. The quantitative estimate of drug-likeness (QED) is 0.472. The summed E-state index contributed by atoms with van der Waals surface area (Å²) < 4.78 is 47.1. The van der Waals surface area contributed by atoms with Crippen molar-refractivity contribution in [3.63, 3.8) is 0 Å². The number of benzene rings is 2. The third-order valence-corrected chi connectivity index (χ3v) is 8.52. The highest BCUT2D eigenvalue weighted by atomic mass is 32.2. The van der Waals surface area contributed by atoms with E-state index in [2.05, 4.69) is 15.7 Å². The molecule has 6 rings (SSSR count). The van der Waals surface area contributed by atoms with Crippen LogP contribution in [0.2, 0.25) is 0 Å². The normalized spacial score (nSPS) is 20.1. The van der Waals surface area contributed by atoms with Gasteiger partial charge in [-0.15, -0.1) is 0 Å². The predicted octanol–water partition coefficient (Wildman–Crippen LogP) is 1.56. The monoisotopic (exact) mass is 569 g/mol. The lowest BCUT2D eigenvalue weighted by molar-refractivity contribution is -0.123. The molecular formula is C27H31N5O7S. The number of carbonyl (C=O) groups excluding carboxylic acids is 2. The number of amides is 2. The second-order valence-electron chi connectivity index (χ2n) is 9.57. The average Bonchev–Trinajstić information content (AvgIpc) is 3.59. The molecule has 2 atom stereocenters. The number of fused-ring (bicyclic) bond motifs is 7. The fraction of sp³-hybridized carbons (Fsp3) is 0.370. The summed E-state index contributed by atoms with van der Waals surface area (Å²) in [6.07, 6.45) is 3.01. The summed E-state index contributed by atoms with van der Waals surface area (Å²) in [5.74, 6) is 0.308. The van der Waals surface area contributed by atoms with Crippen molar-refractivity contribution in [1.82, 2.24) is 24.7 Å². The molecule has 0 unspecified atom stereocenters. The fourth-order valence-electron chi connectivity index (χ4n) is 4.61. The van der Waals surface area contributed by atoms with Gasteiger partial charge in [0.15, 0.2) is 18.1 Å². The Hall–Kier alpha value is -4.10. The van der Waals surface area contributed by atoms with Gasteiger partial charge in [0.2, 0.25) is 10.0 Å². The van der Waals surface area contributed by atoms with Gasteiger partial charge in [-0.3, -0.25) is 14.3 Å². The Morgan fingerprint density at radius 3 is 2.67 bits per heavy atom. The Morgan fingerprint density at radius 2 is 1.93 bits per heavy atom. The van der Waals surface area contributed by atoms with E-state index in [1.165, 1.54) is 29.9 Å². The van der Waals surface area contributed by atoms with Gasteiger partial charge < -0.3 is 24.8 Å². The first kappa shape index (κ1) is 27.5. The topological polar surface area (TPSA) is 141 Å². The highest BCUT2D eigenvalue weighted by Gasteiger charge is 2.42. The zero-order valence-electron chi connectivity index (χ0n) is 22.2. The van der Waals surface area contributed by atoms with Crippen LogP contribution >= 0.6 is 0 Å². The molecular weight excluding hydrogens is 538 g/mol. The number of aromatic nitrogens is 2. The largest absolute Gasteiger partial charge is 0.493 e. The second kappa shape index (κ2) is 11.6. The van der Waals surface area contributed by atoms with Gasteiger partial charge in [0.05, 0.1) is 25.9 Å². The molecule has 12 nitrogen and oxygen atoms in total. The van der Waals surface area contributed by atoms with Gasteiger partial charge >= 0.3 is 0 Å². The van der Waals surface area contributed by atoms with Gasteiger partial charge in [-0.05, 0) is 42.3 Å². The van der Waals surface area contributed by atoms with Gasteiger partial charge in [-0.2, -0.15) is 9.40 Å². The SMILES string of the molecule is CCCn1cc(S(=O)(=O)N2C[C@@H]3NC(=O)c4ccc(OC)c(c4)OCC(=O)NCc4ccc(cc4)O[C@H]3C2)cn1. The van der Waals surface area contributed by atoms with Crippen LogP contribution in [0.1, 0.15) is 29.3 Å². The Labute approximate surface area is 232 Å². The summed E-state index contributed by atoms with van der Waals surface area (Å²) in [5.41, 5.74) is 1.10.